The fraction of sp³-hybridized carbons (Fsp3) is 0.400. The van der Waals surface area contributed by atoms with Gasteiger partial charge in [-0.2, -0.15) is 0 Å². The number of carbonyl (C=O) groups excluding carboxylic acids is 2. The highest BCUT2D eigenvalue weighted by Gasteiger charge is 2.27. The summed E-state index contributed by atoms with van der Waals surface area (Å²) in [5.41, 5.74) is 1.06. The predicted molar refractivity (Wildman–Crippen MR) is 83.0 cm³/mol. The van der Waals surface area contributed by atoms with Crippen LogP contribution in [0.4, 0.5) is 0 Å². The number of carboxylic acids is 1. The molecule has 0 aliphatic carbocycles. The van der Waals surface area contributed by atoms with Gasteiger partial charge >= 0.3 is 5.97 Å². The lowest BCUT2D eigenvalue weighted by molar-refractivity contribution is -0.141. The first kappa shape index (κ1) is 18.0. The molecule has 2 N–H and O–H groups in total. The summed E-state index contributed by atoms with van der Waals surface area (Å²) in [6.07, 6.45) is 0. The zero-order valence-electron chi connectivity index (χ0n) is 12.7. The summed E-state index contributed by atoms with van der Waals surface area (Å²) in [5, 5.41) is 12.2. The fourth-order valence-corrected chi connectivity index (χ4v) is 2.21. The smallest absolute Gasteiger partial charge is 0.326 e. The van der Waals surface area contributed by atoms with Crippen molar-refractivity contribution >= 4 is 29.4 Å². The number of rotatable bonds is 6. The molecule has 0 aliphatic heterocycles. The first-order valence-electron chi connectivity index (χ1n) is 6.78. The number of carbonyl (C=O) groups is 3. The van der Waals surface area contributed by atoms with Gasteiger partial charge in [0, 0.05) is 30.6 Å². The number of benzene rings is 1. The normalized spacial score (nSPS) is 11.6. The van der Waals surface area contributed by atoms with Gasteiger partial charge in [-0.3, -0.25) is 9.59 Å². The quantitative estimate of drug-likeness (QED) is 0.833. The Bertz CT molecular complexity index is 589. The SMILES string of the molecule is CC(=O)NCCN(C(=O)c1ccc(Cl)cc1C)C(C)C(=O)O. The largest absolute Gasteiger partial charge is 0.480 e. The van der Waals surface area contributed by atoms with Crippen molar-refractivity contribution in [2.75, 3.05) is 13.1 Å². The van der Waals surface area contributed by atoms with Gasteiger partial charge < -0.3 is 15.3 Å². The molecule has 0 aromatic heterocycles. The highest BCUT2D eigenvalue weighted by Crippen LogP contribution is 2.18. The summed E-state index contributed by atoms with van der Waals surface area (Å²) in [6, 6.07) is 3.79. The van der Waals surface area contributed by atoms with Crippen LogP contribution in [0.3, 0.4) is 0 Å². The number of nitrogens with zero attached hydrogens (tertiary/aromatic N) is 1. The number of nitrogens with one attached hydrogen (secondary N) is 1. The number of aryl methyl sites for hydroxylation is 1. The minimum Gasteiger partial charge on any atom is -0.480 e. The van der Waals surface area contributed by atoms with Crippen molar-refractivity contribution in [2.45, 2.75) is 26.8 Å². The molecule has 22 heavy (non-hydrogen) atoms. The van der Waals surface area contributed by atoms with Crippen molar-refractivity contribution in [2.24, 2.45) is 0 Å². The molecule has 0 saturated heterocycles. The molecule has 6 nitrogen and oxygen atoms in total. The molecule has 0 bridgehead atoms. The molecular weight excluding hydrogens is 308 g/mol. The van der Waals surface area contributed by atoms with E-state index in [-0.39, 0.29) is 19.0 Å². The Morgan fingerprint density at radius 3 is 2.50 bits per heavy atom. The predicted octanol–water partition coefficient (Wildman–Crippen LogP) is 1.70. The molecule has 0 radical (unpaired) electrons. The summed E-state index contributed by atoms with van der Waals surface area (Å²) < 4.78 is 0. The van der Waals surface area contributed by atoms with E-state index in [1.807, 2.05) is 0 Å². The Kier molecular flexibility index (Phi) is 6.37. The third-order valence-electron chi connectivity index (χ3n) is 3.23. The molecule has 1 rings (SSSR count). The van der Waals surface area contributed by atoms with Crippen molar-refractivity contribution in [3.8, 4) is 0 Å². The van der Waals surface area contributed by atoms with Gasteiger partial charge in [0.25, 0.3) is 5.91 Å². The highest BCUT2D eigenvalue weighted by atomic mass is 35.5. The fourth-order valence-electron chi connectivity index (χ4n) is 1.98. The first-order valence-corrected chi connectivity index (χ1v) is 7.16. The summed E-state index contributed by atoms with van der Waals surface area (Å²) in [6.45, 7) is 4.81. The van der Waals surface area contributed by atoms with E-state index >= 15 is 0 Å². The lowest BCUT2D eigenvalue weighted by Crippen LogP contribution is -2.46. The maximum Gasteiger partial charge on any atom is 0.326 e. The average Bonchev–Trinajstić information content (AvgIpc) is 2.42. The van der Waals surface area contributed by atoms with E-state index in [0.29, 0.717) is 16.1 Å². The second-order valence-electron chi connectivity index (χ2n) is 4.95. The van der Waals surface area contributed by atoms with Crippen LogP contribution in [0.2, 0.25) is 5.02 Å². The van der Waals surface area contributed by atoms with Crippen molar-refractivity contribution in [3.63, 3.8) is 0 Å². The van der Waals surface area contributed by atoms with E-state index in [2.05, 4.69) is 5.32 Å². The van der Waals surface area contributed by atoms with Crippen LogP contribution in [0, 0.1) is 6.92 Å². The molecule has 1 atom stereocenters. The molecule has 0 aliphatic rings. The van der Waals surface area contributed by atoms with Crippen LogP contribution >= 0.6 is 11.6 Å². The molecule has 7 heteroatoms. The van der Waals surface area contributed by atoms with E-state index in [4.69, 9.17) is 16.7 Å². The molecule has 0 fully saturated rings. The third kappa shape index (κ3) is 4.73. The second-order valence-corrected chi connectivity index (χ2v) is 5.39. The molecule has 2 amide bonds. The number of hydrogen-bond donors (Lipinski definition) is 2. The maximum atomic E-state index is 12.6. The molecule has 0 heterocycles. The lowest BCUT2D eigenvalue weighted by Gasteiger charge is -2.27. The van der Waals surface area contributed by atoms with Crippen molar-refractivity contribution < 1.29 is 19.5 Å². The number of hydrogen-bond acceptors (Lipinski definition) is 3. The Balaban J connectivity index is 3.00. The Morgan fingerprint density at radius 1 is 1.36 bits per heavy atom. The van der Waals surface area contributed by atoms with Gasteiger partial charge in [-0.05, 0) is 37.6 Å². The standard InChI is InChI=1S/C15H19ClN2O4/c1-9-8-12(16)4-5-13(9)14(20)18(10(2)15(21)22)7-6-17-11(3)19/h4-5,8,10H,6-7H2,1-3H3,(H,17,19)(H,21,22). The Morgan fingerprint density at radius 2 is 2.00 bits per heavy atom. The van der Waals surface area contributed by atoms with Crippen LogP contribution in [0.15, 0.2) is 18.2 Å². The van der Waals surface area contributed by atoms with Crippen molar-refractivity contribution in [3.05, 3.63) is 34.3 Å². The van der Waals surface area contributed by atoms with Crippen LogP contribution < -0.4 is 5.32 Å². The van der Waals surface area contributed by atoms with Crippen molar-refractivity contribution in [1.82, 2.24) is 10.2 Å². The molecule has 1 unspecified atom stereocenters. The molecule has 0 spiro atoms. The Labute approximate surface area is 134 Å². The van der Waals surface area contributed by atoms with Gasteiger partial charge in [-0.1, -0.05) is 11.6 Å². The van der Waals surface area contributed by atoms with E-state index in [1.54, 1.807) is 25.1 Å². The zero-order valence-corrected chi connectivity index (χ0v) is 13.5. The minimum atomic E-state index is -1.11. The lowest BCUT2D eigenvalue weighted by atomic mass is 10.1. The summed E-state index contributed by atoms with van der Waals surface area (Å²) >= 11 is 5.87. The monoisotopic (exact) mass is 326 g/mol. The van der Waals surface area contributed by atoms with Gasteiger partial charge in [0.1, 0.15) is 6.04 Å². The number of carboxylic acid groups (broad SMARTS) is 1. The Hall–Kier alpha value is -2.08. The molecule has 1 aromatic rings. The van der Waals surface area contributed by atoms with Gasteiger partial charge in [0.15, 0.2) is 0 Å². The van der Waals surface area contributed by atoms with E-state index in [9.17, 15) is 14.4 Å². The van der Waals surface area contributed by atoms with Gasteiger partial charge in [0.05, 0.1) is 0 Å². The molecule has 1 aromatic carbocycles. The molecule has 0 saturated carbocycles. The van der Waals surface area contributed by atoms with Crippen LogP contribution in [-0.4, -0.2) is 46.9 Å². The van der Waals surface area contributed by atoms with Crippen LogP contribution in [0.5, 0.6) is 0 Å². The topological polar surface area (TPSA) is 86.7 Å². The van der Waals surface area contributed by atoms with E-state index in [0.717, 1.165) is 0 Å². The van der Waals surface area contributed by atoms with Crippen LogP contribution in [0.25, 0.3) is 0 Å². The first-order chi connectivity index (χ1) is 10.2. The molecule has 120 valence electrons. The highest BCUT2D eigenvalue weighted by molar-refractivity contribution is 6.30. The summed E-state index contributed by atoms with van der Waals surface area (Å²) in [7, 11) is 0. The second kappa shape index (κ2) is 7.79. The van der Waals surface area contributed by atoms with E-state index < -0.39 is 17.9 Å². The summed E-state index contributed by atoms with van der Waals surface area (Å²) in [4.78, 5) is 35.9. The van der Waals surface area contributed by atoms with Crippen LogP contribution in [0.1, 0.15) is 29.8 Å². The number of aliphatic carboxylic acids is 1. The van der Waals surface area contributed by atoms with E-state index in [1.165, 1.54) is 18.7 Å². The number of halogens is 1. The number of amides is 2. The van der Waals surface area contributed by atoms with Crippen LogP contribution in [-0.2, 0) is 9.59 Å². The third-order valence-corrected chi connectivity index (χ3v) is 3.47. The van der Waals surface area contributed by atoms with Gasteiger partial charge in [-0.25, -0.2) is 4.79 Å². The summed E-state index contributed by atoms with van der Waals surface area (Å²) in [5.74, 6) is -1.75. The average molecular weight is 327 g/mol. The maximum absolute atomic E-state index is 12.6. The van der Waals surface area contributed by atoms with Crippen molar-refractivity contribution in [1.29, 1.82) is 0 Å². The van der Waals surface area contributed by atoms with Gasteiger partial charge in [-0.15, -0.1) is 0 Å². The minimum absolute atomic E-state index is 0.105. The molecular formula is C15H19ClN2O4. The zero-order chi connectivity index (χ0) is 16.9. The van der Waals surface area contributed by atoms with Gasteiger partial charge in [0.2, 0.25) is 5.91 Å².